The van der Waals surface area contributed by atoms with Gasteiger partial charge in [-0.3, -0.25) is 0 Å². The molecule has 0 saturated carbocycles. The van der Waals surface area contributed by atoms with Gasteiger partial charge in [-0.05, 0) is 52.3 Å². The SMILES string of the molecule is C[C@H](O)c1ccc(Sc2ncnn2C)c(Br)c1. The van der Waals surface area contributed by atoms with Gasteiger partial charge in [0.05, 0.1) is 6.10 Å². The second-order valence-electron chi connectivity index (χ2n) is 3.63. The van der Waals surface area contributed by atoms with Gasteiger partial charge in [0.25, 0.3) is 0 Å². The lowest BCUT2D eigenvalue weighted by Crippen LogP contribution is -1.94. The number of rotatable bonds is 3. The van der Waals surface area contributed by atoms with Gasteiger partial charge in [0.1, 0.15) is 6.33 Å². The average molecular weight is 314 g/mol. The van der Waals surface area contributed by atoms with E-state index in [0.717, 1.165) is 20.1 Å². The van der Waals surface area contributed by atoms with Crippen LogP contribution in [0.15, 0.2) is 39.1 Å². The van der Waals surface area contributed by atoms with Gasteiger partial charge in [0.15, 0.2) is 5.16 Å². The molecule has 17 heavy (non-hydrogen) atoms. The predicted octanol–water partition coefficient (Wildman–Crippen LogP) is 2.78. The highest BCUT2D eigenvalue weighted by Gasteiger charge is 2.09. The highest BCUT2D eigenvalue weighted by molar-refractivity contribution is 9.10. The van der Waals surface area contributed by atoms with Crippen LogP contribution in [0.2, 0.25) is 0 Å². The van der Waals surface area contributed by atoms with E-state index >= 15 is 0 Å². The fourth-order valence-electron chi connectivity index (χ4n) is 1.34. The molecule has 0 unspecified atom stereocenters. The molecular weight excluding hydrogens is 302 g/mol. The molecule has 0 bridgehead atoms. The summed E-state index contributed by atoms with van der Waals surface area (Å²) < 4.78 is 2.67. The number of aryl methyl sites for hydroxylation is 1. The molecule has 1 aromatic carbocycles. The van der Waals surface area contributed by atoms with Crippen molar-refractivity contribution in [1.82, 2.24) is 14.8 Å². The van der Waals surface area contributed by atoms with Gasteiger partial charge in [-0.15, -0.1) is 0 Å². The number of hydrogen-bond acceptors (Lipinski definition) is 4. The quantitative estimate of drug-likeness (QED) is 0.946. The van der Waals surface area contributed by atoms with Gasteiger partial charge in [-0.25, -0.2) is 9.67 Å². The Labute approximate surface area is 112 Å². The van der Waals surface area contributed by atoms with Crippen LogP contribution < -0.4 is 0 Å². The third kappa shape index (κ3) is 2.88. The van der Waals surface area contributed by atoms with E-state index in [4.69, 9.17) is 0 Å². The molecule has 2 rings (SSSR count). The predicted molar refractivity (Wildman–Crippen MR) is 69.9 cm³/mol. The first-order valence-corrected chi connectivity index (χ1v) is 6.68. The molecule has 1 aromatic heterocycles. The molecule has 0 spiro atoms. The maximum atomic E-state index is 9.49. The van der Waals surface area contributed by atoms with E-state index in [1.54, 1.807) is 11.6 Å². The minimum Gasteiger partial charge on any atom is -0.389 e. The molecular formula is C11H12BrN3OS. The molecule has 1 heterocycles. The Morgan fingerprint density at radius 1 is 1.47 bits per heavy atom. The highest BCUT2D eigenvalue weighted by Crippen LogP contribution is 2.33. The zero-order chi connectivity index (χ0) is 12.4. The van der Waals surface area contributed by atoms with Gasteiger partial charge < -0.3 is 5.11 Å². The van der Waals surface area contributed by atoms with Crippen molar-refractivity contribution in [2.45, 2.75) is 23.1 Å². The van der Waals surface area contributed by atoms with E-state index in [1.165, 1.54) is 18.1 Å². The number of halogens is 1. The van der Waals surface area contributed by atoms with Gasteiger partial charge in [-0.1, -0.05) is 6.07 Å². The summed E-state index contributed by atoms with van der Waals surface area (Å²) in [4.78, 5) is 5.20. The summed E-state index contributed by atoms with van der Waals surface area (Å²) in [5, 5.41) is 14.3. The number of aliphatic hydroxyl groups is 1. The smallest absolute Gasteiger partial charge is 0.190 e. The van der Waals surface area contributed by atoms with Crippen LogP contribution in [-0.4, -0.2) is 19.9 Å². The molecule has 0 saturated heterocycles. The van der Waals surface area contributed by atoms with Crippen molar-refractivity contribution < 1.29 is 5.11 Å². The molecule has 0 radical (unpaired) electrons. The monoisotopic (exact) mass is 313 g/mol. The normalized spacial score (nSPS) is 12.7. The molecule has 0 aliphatic carbocycles. The Balaban J connectivity index is 2.26. The molecule has 1 N–H and O–H groups in total. The maximum Gasteiger partial charge on any atom is 0.190 e. The molecule has 4 nitrogen and oxygen atoms in total. The van der Waals surface area contributed by atoms with Crippen LogP contribution in [0.5, 0.6) is 0 Å². The van der Waals surface area contributed by atoms with E-state index in [2.05, 4.69) is 26.0 Å². The lowest BCUT2D eigenvalue weighted by Gasteiger charge is -2.08. The zero-order valence-corrected chi connectivity index (χ0v) is 11.9. The second kappa shape index (κ2) is 5.20. The second-order valence-corrected chi connectivity index (χ2v) is 5.50. The first-order chi connectivity index (χ1) is 8.08. The standard InChI is InChI=1S/C11H12BrN3OS/c1-7(16)8-3-4-10(9(12)5-8)17-11-13-6-14-15(11)2/h3-7,16H,1-2H3/t7-/m0/s1. The number of aliphatic hydroxyl groups excluding tert-OH is 1. The number of benzene rings is 1. The molecule has 0 aliphatic heterocycles. The summed E-state index contributed by atoms with van der Waals surface area (Å²) >= 11 is 5.03. The topological polar surface area (TPSA) is 50.9 Å². The number of aromatic nitrogens is 3. The van der Waals surface area contributed by atoms with Crippen LogP contribution in [0.3, 0.4) is 0 Å². The highest BCUT2D eigenvalue weighted by atomic mass is 79.9. The van der Waals surface area contributed by atoms with Crippen molar-refractivity contribution in [1.29, 1.82) is 0 Å². The van der Waals surface area contributed by atoms with Gasteiger partial charge in [-0.2, -0.15) is 5.10 Å². The summed E-state index contributed by atoms with van der Waals surface area (Å²) in [5.41, 5.74) is 0.888. The van der Waals surface area contributed by atoms with E-state index in [0.29, 0.717) is 0 Å². The van der Waals surface area contributed by atoms with E-state index in [-0.39, 0.29) is 0 Å². The van der Waals surface area contributed by atoms with Crippen LogP contribution in [0.1, 0.15) is 18.6 Å². The van der Waals surface area contributed by atoms with Crippen LogP contribution in [-0.2, 0) is 7.05 Å². The zero-order valence-electron chi connectivity index (χ0n) is 9.46. The van der Waals surface area contributed by atoms with Crippen molar-refractivity contribution >= 4 is 27.7 Å². The third-order valence-corrected chi connectivity index (χ3v) is 4.36. The van der Waals surface area contributed by atoms with Crippen molar-refractivity contribution in [2.75, 3.05) is 0 Å². The molecule has 0 amide bonds. The molecule has 1 atom stereocenters. The summed E-state index contributed by atoms with van der Waals surface area (Å²) in [6, 6.07) is 5.79. The van der Waals surface area contributed by atoms with Gasteiger partial charge >= 0.3 is 0 Å². The number of nitrogens with zero attached hydrogens (tertiary/aromatic N) is 3. The van der Waals surface area contributed by atoms with Crippen LogP contribution in [0, 0.1) is 0 Å². The van der Waals surface area contributed by atoms with Gasteiger partial charge in [0, 0.05) is 16.4 Å². The molecule has 0 aliphatic rings. The summed E-state index contributed by atoms with van der Waals surface area (Å²) in [6.07, 6.45) is 1.07. The lowest BCUT2D eigenvalue weighted by molar-refractivity contribution is 0.199. The maximum absolute atomic E-state index is 9.49. The van der Waals surface area contributed by atoms with Crippen molar-refractivity contribution in [3.8, 4) is 0 Å². The van der Waals surface area contributed by atoms with Crippen LogP contribution >= 0.6 is 27.7 Å². The van der Waals surface area contributed by atoms with E-state index < -0.39 is 6.10 Å². The molecule has 6 heteroatoms. The Hall–Kier alpha value is -0.850. The first kappa shape index (κ1) is 12.6. The summed E-state index contributed by atoms with van der Waals surface area (Å²) in [6.45, 7) is 1.75. The molecule has 2 aromatic rings. The van der Waals surface area contributed by atoms with Crippen LogP contribution in [0.25, 0.3) is 0 Å². The minimum atomic E-state index is -0.458. The van der Waals surface area contributed by atoms with E-state index in [9.17, 15) is 5.11 Å². The van der Waals surface area contributed by atoms with Crippen molar-refractivity contribution in [3.05, 3.63) is 34.6 Å². The summed E-state index contributed by atoms with van der Waals surface area (Å²) in [5.74, 6) is 0. The Morgan fingerprint density at radius 2 is 2.24 bits per heavy atom. The largest absolute Gasteiger partial charge is 0.389 e. The molecule has 0 fully saturated rings. The summed E-state index contributed by atoms with van der Waals surface area (Å²) in [7, 11) is 1.85. The first-order valence-electron chi connectivity index (χ1n) is 5.07. The van der Waals surface area contributed by atoms with Crippen molar-refractivity contribution in [3.63, 3.8) is 0 Å². The Kier molecular flexibility index (Phi) is 3.86. The fourth-order valence-corrected chi connectivity index (χ4v) is 2.74. The van der Waals surface area contributed by atoms with Gasteiger partial charge in [0.2, 0.25) is 0 Å². The Bertz CT molecular complexity index is 527. The van der Waals surface area contributed by atoms with Crippen LogP contribution in [0.4, 0.5) is 0 Å². The third-order valence-electron chi connectivity index (χ3n) is 2.31. The fraction of sp³-hybridized carbons (Fsp3) is 0.273. The lowest BCUT2D eigenvalue weighted by atomic mass is 10.1. The van der Waals surface area contributed by atoms with E-state index in [1.807, 2.05) is 25.2 Å². The minimum absolute atomic E-state index is 0.458. The molecule has 90 valence electrons. The Morgan fingerprint density at radius 3 is 2.76 bits per heavy atom. The average Bonchev–Trinajstić information content (AvgIpc) is 2.67. The van der Waals surface area contributed by atoms with Crippen molar-refractivity contribution in [2.24, 2.45) is 7.05 Å². The number of hydrogen-bond donors (Lipinski definition) is 1.